The number of benzene rings is 1. The molecule has 0 atom stereocenters. The van der Waals surface area contributed by atoms with E-state index in [0.717, 1.165) is 54.2 Å². The van der Waals surface area contributed by atoms with Crippen molar-refractivity contribution in [3.8, 4) is 11.3 Å². The lowest BCUT2D eigenvalue weighted by Gasteiger charge is -2.24. The summed E-state index contributed by atoms with van der Waals surface area (Å²) in [6.45, 7) is 4.22. The van der Waals surface area contributed by atoms with E-state index in [1.807, 2.05) is 43.6 Å². The first-order valence-corrected chi connectivity index (χ1v) is 13.0. The van der Waals surface area contributed by atoms with Gasteiger partial charge in [0.05, 0.1) is 18.5 Å². The van der Waals surface area contributed by atoms with Crippen molar-refractivity contribution in [1.29, 1.82) is 0 Å². The zero-order chi connectivity index (χ0) is 26.1. The van der Waals surface area contributed by atoms with E-state index in [-0.39, 0.29) is 6.61 Å². The maximum absolute atomic E-state index is 12.8. The van der Waals surface area contributed by atoms with Crippen molar-refractivity contribution in [1.82, 2.24) is 24.1 Å². The maximum atomic E-state index is 12.8. The Labute approximate surface area is 220 Å². The highest BCUT2D eigenvalue weighted by molar-refractivity contribution is 5.98. The zero-order valence-corrected chi connectivity index (χ0v) is 21.6. The molecular formula is C29H30N6O3. The van der Waals surface area contributed by atoms with Crippen molar-refractivity contribution in [3.05, 3.63) is 78.2 Å². The fourth-order valence-electron chi connectivity index (χ4n) is 5.18. The van der Waals surface area contributed by atoms with Gasteiger partial charge in [0.25, 0.3) is 0 Å². The van der Waals surface area contributed by atoms with Crippen molar-refractivity contribution >= 4 is 28.5 Å². The molecule has 1 fully saturated rings. The van der Waals surface area contributed by atoms with E-state index in [2.05, 4.69) is 39.0 Å². The van der Waals surface area contributed by atoms with Gasteiger partial charge in [-0.05, 0) is 37.5 Å². The molecule has 1 saturated heterocycles. The van der Waals surface area contributed by atoms with Gasteiger partial charge in [-0.25, -0.2) is 14.8 Å². The van der Waals surface area contributed by atoms with Crippen LogP contribution in [0.1, 0.15) is 41.7 Å². The number of hydrogen-bond donors (Lipinski definition) is 0. The number of aromatic nitrogens is 5. The van der Waals surface area contributed by atoms with Crippen LogP contribution in [-0.4, -0.2) is 57.0 Å². The number of ether oxygens (including phenoxy) is 2. The quantitative estimate of drug-likeness (QED) is 0.288. The van der Waals surface area contributed by atoms with E-state index in [1.54, 1.807) is 11.4 Å². The standard InChI is InChI=1S/C29H30N6O3/c1-3-38-29(36)23-17-31-35-26(33(2)18-20-8-5-4-6-9-20)16-25(32-28(23)35)24-19-34(21-11-14-37-15-12-21)27-22(24)10-7-13-30-27/h4-10,13,16-17,19,21H,3,11-12,14-15,18H2,1-2H3. The van der Waals surface area contributed by atoms with Crippen LogP contribution in [0.15, 0.2) is 67.1 Å². The molecule has 0 spiro atoms. The molecular weight excluding hydrogens is 480 g/mol. The molecule has 5 aromatic rings. The molecule has 1 aliphatic heterocycles. The normalized spacial score (nSPS) is 14.3. The van der Waals surface area contributed by atoms with E-state index in [9.17, 15) is 4.79 Å². The number of esters is 1. The molecule has 5 heterocycles. The number of rotatable bonds is 7. The lowest BCUT2D eigenvalue weighted by atomic mass is 10.1. The van der Waals surface area contributed by atoms with Crippen LogP contribution in [0, 0.1) is 0 Å². The Kier molecular flexibility index (Phi) is 6.51. The number of carbonyl (C=O) groups excluding carboxylic acids is 1. The largest absolute Gasteiger partial charge is 0.462 e. The first-order chi connectivity index (χ1) is 18.6. The Balaban J connectivity index is 1.52. The molecule has 0 bridgehead atoms. The maximum Gasteiger partial charge on any atom is 0.343 e. The molecule has 9 nitrogen and oxygen atoms in total. The van der Waals surface area contributed by atoms with Gasteiger partial charge in [0.2, 0.25) is 0 Å². The zero-order valence-electron chi connectivity index (χ0n) is 21.6. The number of anilines is 1. The predicted molar refractivity (Wildman–Crippen MR) is 145 cm³/mol. The summed E-state index contributed by atoms with van der Waals surface area (Å²) in [5.74, 6) is 0.385. The Bertz CT molecular complexity index is 1590. The second-order valence-corrected chi connectivity index (χ2v) is 9.52. The number of carbonyl (C=O) groups is 1. The van der Waals surface area contributed by atoms with Gasteiger partial charge in [-0.3, -0.25) is 0 Å². The van der Waals surface area contributed by atoms with Gasteiger partial charge < -0.3 is 18.9 Å². The van der Waals surface area contributed by atoms with Crippen molar-refractivity contribution in [3.63, 3.8) is 0 Å². The summed E-state index contributed by atoms with van der Waals surface area (Å²) >= 11 is 0. The number of pyridine rings is 1. The molecule has 0 radical (unpaired) electrons. The fraction of sp³-hybridized carbons (Fsp3) is 0.310. The highest BCUT2D eigenvalue weighted by Gasteiger charge is 2.24. The second kappa shape index (κ2) is 10.3. The molecule has 194 valence electrons. The number of hydrogen-bond acceptors (Lipinski definition) is 7. The minimum absolute atomic E-state index is 0.279. The van der Waals surface area contributed by atoms with Gasteiger partial charge in [-0.15, -0.1) is 0 Å². The predicted octanol–water partition coefficient (Wildman–Crippen LogP) is 4.91. The monoisotopic (exact) mass is 510 g/mol. The highest BCUT2D eigenvalue weighted by Crippen LogP contribution is 2.35. The number of nitrogens with zero attached hydrogens (tertiary/aromatic N) is 6. The molecule has 1 aromatic carbocycles. The van der Waals surface area contributed by atoms with Crippen LogP contribution in [0.5, 0.6) is 0 Å². The van der Waals surface area contributed by atoms with Crippen LogP contribution in [0.3, 0.4) is 0 Å². The van der Waals surface area contributed by atoms with Gasteiger partial charge in [0.1, 0.15) is 17.0 Å². The molecule has 0 aliphatic carbocycles. The van der Waals surface area contributed by atoms with Crippen molar-refractivity contribution < 1.29 is 14.3 Å². The third-order valence-corrected chi connectivity index (χ3v) is 7.05. The molecule has 0 amide bonds. The molecule has 1 aliphatic rings. The summed E-state index contributed by atoms with van der Waals surface area (Å²) in [6.07, 6.45) is 7.39. The first kappa shape index (κ1) is 24.1. The van der Waals surface area contributed by atoms with E-state index in [1.165, 1.54) is 11.8 Å². The van der Waals surface area contributed by atoms with Crippen molar-refractivity contribution in [2.75, 3.05) is 31.8 Å². The Morgan fingerprint density at radius 2 is 1.95 bits per heavy atom. The van der Waals surface area contributed by atoms with Gasteiger partial charge in [0.15, 0.2) is 5.65 Å². The van der Waals surface area contributed by atoms with Crippen LogP contribution in [0.2, 0.25) is 0 Å². The molecule has 0 unspecified atom stereocenters. The van der Waals surface area contributed by atoms with E-state index >= 15 is 0 Å². The van der Waals surface area contributed by atoms with Gasteiger partial charge in [0, 0.05) is 62.3 Å². The number of fused-ring (bicyclic) bond motifs is 2. The van der Waals surface area contributed by atoms with Crippen molar-refractivity contribution in [2.24, 2.45) is 0 Å². The average molecular weight is 511 g/mol. The minimum atomic E-state index is -0.435. The van der Waals surface area contributed by atoms with Crippen LogP contribution in [0.25, 0.3) is 27.9 Å². The first-order valence-electron chi connectivity index (χ1n) is 13.0. The summed E-state index contributed by atoms with van der Waals surface area (Å²) in [7, 11) is 2.02. The second-order valence-electron chi connectivity index (χ2n) is 9.52. The molecule has 6 rings (SSSR count). The Morgan fingerprint density at radius 3 is 2.74 bits per heavy atom. The Morgan fingerprint density at radius 1 is 1.13 bits per heavy atom. The van der Waals surface area contributed by atoms with E-state index in [0.29, 0.717) is 23.8 Å². The summed E-state index contributed by atoms with van der Waals surface area (Å²) in [6, 6.07) is 16.6. The van der Waals surface area contributed by atoms with Crippen LogP contribution in [0.4, 0.5) is 5.82 Å². The van der Waals surface area contributed by atoms with Crippen LogP contribution >= 0.6 is 0 Å². The fourth-order valence-corrected chi connectivity index (χ4v) is 5.18. The summed E-state index contributed by atoms with van der Waals surface area (Å²) in [5, 5.41) is 5.56. The lowest BCUT2D eigenvalue weighted by Crippen LogP contribution is -2.20. The lowest BCUT2D eigenvalue weighted by molar-refractivity contribution is 0.0528. The van der Waals surface area contributed by atoms with Gasteiger partial charge in [-0.1, -0.05) is 30.3 Å². The third-order valence-electron chi connectivity index (χ3n) is 7.05. The molecule has 0 N–H and O–H groups in total. The smallest absolute Gasteiger partial charge is 0.343 e. The molecule has 38 heavy (non-hydrogen) atoms. The summed E-state index contributed by atoms with van der Waals surface area (Å²) < 4.78 is 14.9. The van der Waals surface area contributed by atoms with Crippen LogP contribution in [-0.2, 0) is 16.0 Å². The van der Waals surface area contributed by atoms with Crippen molar-refractivity contribution in [2.45, 2.75) is 32.4 Å². The average Bonchev–Trinajstić information content (AvgIpc) is 3.56. The third kappa shape index (κ3) is 4.39. The highest BCUT2D eigenvalue weighted by atomic mass is 16.5. The SMILES string of the molecule is CCOC(=O)c1cnn2c(N(C)Cc3ccccc3)cc(-c3cn(C4CCOCC4)c4ncccc34)nc12. The van der Waals surface area contributed by atoms with E-state index in [4.69, 9.17) is 19.4 Å². The van der Waals surface area contributed by atoms with E-state index < -0.39 is 5.97 Å². The molecule has 4 aromatic heterocycles. The summed E-state index contributed by atoms with van der Waals surface area (Å²) in [4.78, 5) is 24.6. The molecule has 0 saturated carbocycles. The molecule has 9 heteroatoms. The minimum Gasteiger partial charge on any atom is -0.462 e. The summed E-state index contributed by atoms with van der Waals surface area (Å²) in [5.41, 5.74) is 4.62. The van der Waals surface area contributed by atoms with Gasteiger partial charge in [-0.2, -0.15) is 9.61 Å². The Hall–Kier alpha value is -4.24. The van der Waals surface area contributed by atoms with Crippen LogP contribution < -0.4 is 4.90 Å². The topological polar surface area (TPSA) is 86.8 Å². The van der Waals surface area contributed by atoms with Gasteiger partial charge >= 0.3 is 5.97 Å².